The molecule has 0 saturated heterocycles. The Hall–Kier alpha value is -0.780. The van der Waals surface area contributed by atoms with Crippen molar-refractivity contribution in [3.05, 3.63) is 37.0 Å². The van der Waals surface area contributed by atoms with Gasteiger partial charge in [-0.1, -0.05) is 43.9 Å². The fourth-order valence-electron chi connectivity index (χ4n) is 0.831. The average molecular weight is 150 g/mol. The van der Waals surface area contributed by atoms with Crippen LogP contribution in [0, 0.1) is 0 Å². The molecular formula is C11H18. The molecule has 0 heteroatoms. The fraction of sp³-hybridized carbons (Fsp3) is 0.455. The van der Waals surface area contributed by atoms with Gasteiger partial charge in [-0.2, -0.15) is 0 Å². The van der Waals surface area contributed by atoms with E-state index in [4.69, 9.17) is 0 Å². The van der Waals surface area contributed by atoms with Crippen LogP contribution in [0.2, 0.25) is 0 Å². The Labute approximate surface area is 70.3 Å². The van der Waals surface area contributed by atoms with Crippen molar-refractivity contribution in [3.8, 4) is 0 Å². The zero-order chi connectivity index (χ0) is 8.36. The van der Waals surface area contributed by atoms with Gasteiger partial charge in [-0.3, -0.25) is 0 Å². The van der Waals surface area contributed by atoms with Crippen LogP contribution in [0.25, 0.3) is 0 Å². The van der Waals surface area contributed by atoms with Gasteiger partial charge in [-0.25, -0.2) is 0 Å². The summed E-state index contributed by atoms with van der Waals surface area (Å²) in [4.78, 5) is 0. The first-order chi connectivity index (χ1) is 5.41. The topological polar surface area (TPSA) is 0 Å². The van der Waals surface area contributed by atoms with E-state index in [1.807, 2.05) is 12.2 Å². The van der Waals surface area contributed by atoms with Crippen LogP contribution >= 0.6 is 0 Å². The number of allylic oxidation sites excluding steroid dienone is 5. The van der Waals surface area contributed by atoms with Gasteiger partial charge in [0.2, 0.25) is 0 Å². The predicted molar refractivity (Wildman–Crippen MR) is 52.6 cm³/mol. The molecule has 0 radical (unpaired) electrons. The third kappa shape index (κ3) is 9.22. The number of hydrogen-bond donors (Lipinski definition) is 0. The highest BCUT2D eigenvalue weighted by Crippen LogP contribution is 1.98. The van der Waals surface area contributed by atoms with Crippen molar-refractivity contribution in [2.45, 2.75) is 32.6 Å². The molecule has 62 valence electrons. The SMILES string of the molecule is C=CC=CCCCC=CCC. The second-order valence-corrected chi connectivity index (χ2v) is 2.47. The van der Waals surface area contributed by atoms with Crippen molar-refractivity contribution in [2.75, 3.05) is 0 Å². The maximum atomic E-state index is 3.61. The molecule has 0 aliphatic rings. The maximum Gasteiger partial charge on any atom is -0.0345 e. The zero-order valence-electron chi connectivity index (χ0n) is 7.42. The van der Waals surface area contributed by atoms with Gasteiger partial charge >= 0.3 is 0 Å². The molecular weight excluding hydrogens is 132 g/mol. The first-order valence-electron chi connectivity index (χ1n) is 4.34. The van der Waals surface area contributed by atoms with Gasteiger partial charge in [0, 0.05) is 0 Å². The van der Waals surface area contributed by atoms with Gasteiger partial charge in [-0.15, -0.1) is 0 Å². The van der Waals surface area contributed by atoms with Gasteiger partial charge in [0.15, 0.2) is 0 Å². The fourth-order valence-corrected chi connectivity index (χ4v) is 0.831. The summed E-state index contributed by atoms with van der Waals surface area (Å²) in [5.41, 5.74) is 0. The molecule has 0 rings (SSSR count). The summed E-state index contributed by atoms with van der Waals surface area (Å²) in [6.45, 7) is 5.77. The molecule has 0 heterocycles. The van der Waals surface area contributed by atoms with E-state index in [0.717, 1.165) is 6.42 Å². The molecule has 0 amide bonds. The van der Waals surface area contributed by atoms with E-state index < -0.39 is 0 Å². The van der Waals surface area contributed by atoms with Crippen molar-refractivity contribution in [1.29, 1.82) is 0 Å². The lowest BCUT2D eigenvalue weighted by Gasteiger charge is -1.88. The molecule has 0 atom stereocenters. The molecule has 0 aromatic heterocycles. The molecule has 0 aromatic carbocycles. The van der Waals surface area contributed by atoms with Crippen LogP contribution in [-0.4, -0.2) is 0 Å². The molecule has 0 fully saturated rings. The molecule has 0 N–H and O–H groups in total. The summed E-state index contributed by atoms with van der Waals surface area (Å²) in [5.74, 6) is 0. The lowest BCUT2D eigenvalue weighted by Crippen LogP contribution is -1.68. The van der Waals surface area contributed by atoms with Gasteiger partial charge in [-0.05, 0) is 25.7 Å². The maximum absolute atomic E-state index is 3.61. The highest BCUT2D eigenvalue weighted by Gasteiger charge is 1.78. The molecule has 0 unspecified atom stereocenters. The third-order valence-corrected chi connectivity index (χ3v) is 1.42. The summed E-state index contributed by atoms with van der Waals surface area (Å²) in [5, 5.41) is 0. The molecule has 0 saturated carbocycles. The molecule has 0 aromatic rings. The number of hydrogen-bond acceptors (Lipinski definition) is 0. The van der Waals surface area contributed by atoms with Crippen molar-refractivity contribution >= 4 is 0 Å². The monoisotopic (exact) mass is 150 g/mol. The van der Waals surface area contributed by atoms with E-state index in [1.165, 1.54) is 19.3 Å². The smallest absolute Gasteiger partial charge is 0.0345 e. The van der Waals surface area contributed by atoms with Crippen LogP contribution in [0.5, 0.6) is 0 Å². The molecule has 0 aliphatic carbocycles. The number of rotatable bonds is 6. The minimum absolute atomic E-state index is 1.16. The van der Waals surface area contributed by atoms with E-state index >= 15 is 0 Å². The standard InChI is InChI=1S/C11H18/c1-3-5-7-9-11-10-8-6-4-2/h3,5-8H,1,4,9-11H2,2H3. The van der Waals surface area contributed by atoms with Crippen molar-refractivity contribution in [1.82, 2.24) is 0 Å². The van der Waals surface area contributed by atoms with Gasteiger partial charge in [0.05, 0.1) is 0 Å². The van der Waals surface area contributed by atoms with E-state index in [9.17, 15) is 0 Å². The van der Waals surface area contributed by atoms with Gasteiger partial charge < -0.3 is 0 Å². The summed E-state index contributed by atoms with van der Waals surface area (Å²) in [7, 11) is 0. The van der Waals surface area contributed by atoms with Crippen LogP contribution in [0.3, 0.4) is 0 Å². The highest BCUT2D eigenvalue weighted by molar-refractivity contribution is 4.97. The van der Waals surface area contributed by atoms with Crippen LogP contribution in [0.15, 0.2) is 37.0 Å². The minimum Gasteiger partial charge on any atom is -0.0991 e. The molecule has 0 spiro atoms. The van der Waals surface area contributed by atoms with Gasteiger partial charge in [0.25, 0.3) is 0 Å². The lowest BCUT2D eigenvalue weighted by molar-refractivity contribution is 0.865. The van der Waals surface area contributed by atoms with Crippen LogP contribution in [0.4, 0.5) is 0 Å². The van der Waals surface area contributed by atoms with Gasteiger partial charge in [0.1, 0.15) is 0 Å². The zero-order valence-corrected chi connectivity index (χ0v) is 7.42. The normalized spacial score (nSPS) is 11.4. The lowest BCUT2D eigenvalue weighted by atomic mass is 10.2. The summed E-state index contributed by atoms with van der Waals surface area (Å²) in [6.07, 6.45) is 15.2. The highest BCUT2D eigenvalue weighted by atomic mass is 13.8. The first-order valence-corrected chi connectivity index (χ1v) is 4.34. The molecule has 0 aliphatic heterocycles. The second kappa shape index (κ2) is 9.22. The van der Waals surface area contributed by atoms with Crippen molar-refractivity contribution < 1.29 is 0 Å². The van der Waals surface area contributed by atoms with Crippen molar-refractivity contribution in [2.24, 2.45) is 0 Å². The Bertz CT molecular complexity index is 129. The quantitative estimate of drug-likeness (QED) is 0.306. The Balaban J connectivity index is 3.08. The van der Waals surface area contributed by atoms with E-state index in [-0.39, 0.29) is 0 Å². The second-order valence-electron chi connectivity index (χ2n) is 2.47. The summed E-state index contributed by atoms with van der Waals surface area (Å²) < 4.78 is 0. The molecule has 0 nitrogen and oxygen atoms in total. The van der Waals surface area contributed by atoms with Crippen LogP contribution in [-0.2, 0) is 0 Å². The third-order valence-electron chi connectivity index (χ3n) is 1.42. The van der Waals surface area contributed by atoms with Crippen LogP contribution < -0.4 is 0 Å². The van der Waals surface area contributed by atoms with Crippen molar-refractivity contribution in [3.63, 3.8) is 0 Å². The van der Waals surface area contributed by atoms with E-state index in [1.54, 1.807) is 0 Å². The Morgan fingerprint density at radius 1 is 1.09 bits per heavy atom. The first kappa shape index (κ1) is 10.2. The Morgan fingerprint density at radius 2 is 1.82 bits per heavy atom. The van der Waals surface area contributed by atoms with E-state index in [2.05, 4.69) is 31.7 Å². The average Bonchev–Trinajstić information content (AvgIpc) is 2.03. The summed E-state index contributed by atoms with van der Waals surface area (Å²) >= 11 is 0. The molecule has 11 heavy (non-hydrogen) atoms. The largest absolute Gasteiger partial charge is 0.0991 e. The predicted octanol–water partition coefficient (Wildman–Crippen LogP) is 3.87. The molecule has 0 bridgehead atoms. The Kier molecular flexibility index (Phi) is 8.57. The van der Waals surface area contributed by atoms with Crippen LogP contribution in [0.1, 0.15) is 32.6 Å². The summed E-state index contributed by atoms with van der Waals surface area (Å²) in [6, 6.07) is 0. The van der Waals surface area contributed by atoms with E-state index in [0.29, 0.717) is 0 Å². The number of unbranched alkanes of at least 4 members (excludes halogenated alkanes) is 2. The minimum atomic E-state index is 1.16. The Morgan fingerprint density at radius 3 is 2.45 bits per heavy atom.